The lowest BCUT2D eigenvalue weighted by atomic mass is 9.94. The number of amides is 2. The number of benzene rings is 1. The maximum absolute atomic E-state index is 13.6. The first-order chi connectivity index (χ1) is 16.7. The third-order valence-corrected chi connectivity index (χ3v) is 8.59. The molecule has 196 valence electrons. The third-order valence-electron chi connectivity index (χ3n) is 6.91. The summed E-state index contributed by atoms with van der Waals surface area (Å²) in [5, 5.41) is 5.10. The first kappa shape index (κ1) is 27.6. The Morgan fingerprint density at radius 2 is 1.69 bits per heavy atom. The van der Waals surface area contributed by atoms with E-state index in [-0.39, 0.29) is 23.5 Å². The molecule has 0 atom stereocenters. The number of carbonyl (C=O) groups excluding carboxylic acids is 3. The van der Waals surface area contributed by atoms with Gasteiger partial charge < -0.3 is 15.2 Å². The number of carbonyl (C=O) groups is 3. The van der Waals surface area contributed by atoms with Gasteiger partial charge in [-0.15, -0.1) is 0 Å². The summed E-state index contributed by atoms with van der Waals surface area (Å²) in [5.41, 5.74) is 2.24. The quantitative estimate of drug-likeness (QED) is 0.427. The van der Waals surface area contributed by atoms with Crippen LogP contribution < -0.4 is 10.6 Å². The molecule has 1 aliphatic rings. The van der Waals surface area contributed by atoms with E-state index in [1.807, 2.05) is 13.8 Å². The van der Waals surface area contributed by atoms with Gasteiger partial charge in [0.15, 0.2) is 0 Å². The van der Waals surface area contributed by atoms with Crippen LogP contribution in [0.2, 0.25) is 0 Å². The van der Waals surface area contributed by atoms with Crippen LogP contribution in [0.1, 0.15) is 83.1 Å². The summed E-state index contributed by atoms with van der Waals surface area (Å²) in [6.07, 6.45) is 3.04. The fraction of sp³-hybridized carbons (Fsp3) is 0.500. The highest BCUT2D eigenvalue weighted by Gasteiger charge is 2.33. The largest absolute Gasteiger partial charge is 0.346 e. The number of nitrogens with zero attached hydrogens (tertiary/aromatic N) is 1. The second-order valence-corrected chi connectivity index (χ2v) is 12.3. The fourth-order valence-corrected chi connectivity index (χ4v) is 6.17. The molecule has 1 aromatic heterocycles. The van der Waals surface area contributed by atoms with Gasteiger partial charge in [0.05, 0.1) is 16.5 Å². The number of hydrogen-bond donors (Lipinski definition) is 2. The number of nitrogens with one attached hydrogen (secondary N) is 2. The Morgan fingerprint density at radius 1 is 1.08 bits per heavy atom. The van der Waals surface area contributed by atoms with Crippen LogP contribution in [-0.2, 0) is 21.7 Å². The van der Waals surface area contributed by atoms with Crippen molar-refractivity contribution >= 4 is 33.1 Å². The number of ketones is 1. The van der Waals surface area contributed by atoms with Crippen molar-refractivity contribution < 1.29 is 27.2 Å². The fourth-order valence-electron chi connectivity index (χ4n) is 5.05. The molecule has 1 saturated carbocycles. The topological polar surface area (TPSA) is 114 Å². The summed E-state index contributed by atoms with van der Waals surface area (Å²) in [6, 6.07) is 3.98. The van der Waals surface area contributed by atoms with Crippen LogP contribution in [0.15, 0.2) is 18.2 Å². The van der Waals surface area contributed by atoms with Gasteiger partial charge in [0.25, 0.3) is 17.6 Å². The lowest BCUT2D eigenvalue weighted by Crippen LogP contribution is -2.43. The Morgan fingerprint density at radius 3 is 2.22 bits per heavy atom. The summed E-state index contributed by atoms with van der Waals surface area (Å²) >= 11 is 0. The number of aromatic nitrogens is 1. The average Bonchev–Trinajstić information content (AvgIpc) is 3.05. The summed E-state index contributed by atoms with van der Waals surface area (Å²) < 4.78 is 38.8. The molecule has 0 saturated heterocycles. The molecular formula is C26H34FN3O5S. The van der Waals surface area contributed by atoms with E-state index in [0.717, 1.165) is 0 Å². The zero-order chi connectivity index (χ0) is 26.9. The Labute approximate surface area is 211 Å². The van der Waals surface area contributed by atoms with Crippen LogP contribution >= 0.6 is 0 Å². The molecule has 0 bridgehead atoms. The van der Waals surface area contributed by atoms with E-state index < -0.39 is 32.7 Å². The minimum absolute atomic E-state index is 0.125. The number of halogens is 1. The van der Waals surface area contributed by atoms with Crippen molar-refractivity contribution in [1.29, 1.82) is 0 Å². The van der Waals surface area contributed by atoms with Gasteiger partial charge in [-0.1, -0.05) is 13.8 Å². The van der Waals surface area contributed by atoms with Crippen LogP contribution in [0.25, 0.3) is 0 Å². The van der Waals surface area contributed by atoms with E-state index in [2.05, 4.69) is 10.6 Å². The lowest BCUT2D eigenvalue weighted by molar-refractivity contribution is -0.117. The molecule has 0 unspecified atom stereocenters. The zero-order valence-corrected chi connectivity index (χ0v) is 22.4. The normalized spacial score (nSPS) is 18.2. The van der Waals surface area contributed by atoms with Crippen molar-refractivity contribution in [3.8, 4) is 0 Å². The van der Waals surface area contributed by atoms with Gasteiger partial charge in [0, 0.05) is 30.7 Å². The van der Waals surface area contributed by atoms with E-state index in [0.29, 0.717) is 53.8 Å². The minimum Gasteiger partial charge on any atom is -0.346 e. The first-order valence-electron chi connectivity index (χ1n) is 12.0. The molecule has 10 heteroatoms. The highest BCUT2D eigenvalue weighted by molar-refractivity contribution is 7.91. The van der Waals surface area contributed by atoms with E-state index in [1.54, 1.807) is 25.5 Å². The van der Waals surface area contributed by atoms with Crippen molar-refractivity contribution in [3.05, 3.63) is 52.1 Å². The van der Waals surface area contributed by atoms with Gasteiger partial charge in [0.1, 0.15) is 15.7 Å². The third kappa shape index (κ3) is 5.69. The molecule has 2 amide bonds. The second-order valence-electron chi connectivity index (χ2n) is 9.97. The maximum atomic E-state index is 13.6. The summed E-state index contributed by atoms with van der Waals surface area (Å²) in [4.78, 5) is 39.4. The van der Waals surface area contributed by atoms with E-state index in [1.165, 1.54) is 24.5 Å². The van der Waals surface area contributed by atoms with Gasteiger partial charge in [-0.25, -0.2) is 12.8 Å². The zero-order valence-electron chi connectivity index (χ0n) is 21.6. The number of anilines is 1. The van der Waals surface area contributed by atoms with Crippen molar-refractivity contribution in [3.63, 3.8) is 0 Å². The lowest BCUT2D eigenvalue weighted by Gasteiger charge is -2.27. The molecule has 1 heterocycles. The monoisotopic (exact) mass is 519 g/mol. The van der Waals surface area contributed by atoms with E-state index in [9.17, 15) is 27.2 Å². The minimum atomic E-state index is -3.13. The molecule has 1 aliphatic carbocycles. The summed E-state index contributed by atoms with van der Waals surface area (Å²) in [6.45, 7) is 7.01. The van der Waals surface area contributed by atoms with Crippen molar-refractivity contribution in [1.82, 2.24) is 9.88 Å². The SMILES string of the molecule is Cc1cc(NC(=O)c2c(C)c(C(=O)C(=O)NC3CCC(S(C)(=O)=O)CC3)n(C)c2C(C)C)ccc1F. The number of rotatable bonds is 7. The highest BCUT2D eigenvalue weighted by Crippen LogP contribution is 2.30. The standard InChI is InChI=1S/C26H34FN3O5S/c1-14(2)22-21(25(32)29-18-9-12-20(27)15(3)13-18)16(4)23(30(22)5)24(31)26(33)28-17-7-10-19(11-8-17)36(6,34)35/h9,12-14,17,19H,7-8,10-11H2,1-6H3,(H,28,33)(H,29,32). The van der Waals surface area contributed by atoms with Crippen molar-refractivity contribution in [2.24, 2.45) is 7.05 Å². The molecule has 2 aromatic rings. The van der Waals surface area contributed by atoms with Gasteiger partial charge in [-0.2, -0.15) is 0 Å². The van der Waals surface area contributed by atoms with Crippen LogP contribution in [0.5, 0.6) is 0 Å². The van der Waals surface area contributed by atoms with E-state index in [4.69, 9.17) is 0 Å². The molecule has 8 nitrogen and oxygen atoms in total. The smallest absolute Gasteiger partial charge is 0.294 e. The summed E-state index contributed by atoms with van der Waals surface area (Å²) in [7, 11) is -1.48. The van der Waals surface area contributed by atoms with Crippen molar-refractivity contribution in [2.75, 3.05) is 11.6 Å². The molecule has 36 heavy (non-hydrogen) atoms. The van der Waals surface area contributed by atoms with E-state index >= 15 is 0 Å². The molecular weight excluding hydrogens is 485 g/mol. The molecule has 0 aliphatic heterocycles. The molecule has 1 fully saturated rings. The van der Waals surface area contributed by atoms with Crippen LogP contribution in [0.4, 0.5) is 10.1 Å². The second kappa shape index (κ2) is 10.5. The molecule has 0 spiro atoms. The van der Waals surface area contributed by atoms with Gasteiger partial charge in [-0.3, -0.25) is 14.4 Å². The summed E-state index contributed by atoms with van der Waals surface area (Å²) in [5.74, 6) is -2.48. The maximum Gasteiger partial charge on any atom is 0.294 e. The Bertz CT molecular complexity index is 1310. The molecule has 3 rings (SSSR count). The van der Waals surface area contributed by atoms with Gasteiger partial charge >= 0.3 is 0 Å². The predicted molar refractivity (Wildman–Crippen MR) is 137 cm³/mol. The Balaban J connectivity index is 1.84. The first-order valence-corrected chi connectivity index (χ1v) is 14.0. The average molecular weight is 520 g/mol. The Hall–Kier alpha value is -3.01. The van der Waals surface area contributed by atoms with Crippen molar-refractivity contribution in [2.45, 2.75) is 70.6 Å². The number of aryl methyl sites for hydroxylation is 1. The number of Topliss-reactive ketones (excluding diaryl/α,β-unsaturated/α-hetero) is 1. The molecule has 1 aromatic carbocycles. The van der Waals surface area contributed by atoms with Crippen LogP contribution in [0, 0.1) is 19.7 Å². The number of sulfone groups is 1. The van der Waals surface area contributed by atoms with Crippen LogP contribution in [-0.4, -0.2) is 48.1 Å². The highest BCUT2D eigenvalue weighted by atomic mass is 32.2. The Kier molecular flexibility index (Phi) is 8.07. The predicted octanol–water partition coefficient (Wildman–Crippen LogP) is 3.81. The van der Waals surface area contributed by atoms with Gasteiger partial charge in [0.2, 0.25) is 0 Å². The number of hydrogen-bond acceptors (Lipinski definition) is 5. The van der Waals surface area contributed by atoms with Gasteiger partial charge in [-0.05, 0) is 74.8 Å². The molecule has 2 N–H and O–H groups in total. The molecule has 0 radical (unpaired) electrons. The van der Waals surface area contributed by atoms with Crippen LogP contribution in [0.3, 0.4) is 0 Å².